The van der Waals surface area contributed by atoms with E-state index in [1.165, 1.54) is 12.3 Å². The predicted octanol–water partition coefficient (Wildman–Crippen LogP) is 2.04. The number of rotatable bonds is 6. The summed E-state index contributed by atoms with van der Waals surface area (Å²) >= 11 is 0. The summed E-state index contributed by atoms with van der Waals surface area (Å²) in [6.07, 6.45) is 7.15. The maximum Gasteiger partial charge on any atom is 0.275 e. The van der Waals surface area contributed by atoms with Gasteiger partial charge >= 0.3 is 0 Å². The molecular weight excluding hydrogens is 325 g/mol. The Bertz CT molecular complexity index is 873. The number of amides is 1. The Morgan fingerprint density at radius 3 is 3.00 bits per heavy atom. The second-order valence-electron chi connectivity index (χ2n) is 5.67. The molecule has 0 unspecified atom stereocenters. The molecule has 1 aromatic carbocycles. The molecule has 0 aliphatic rings. The van der Waals surface area contributed by atoms with Gasteiger partial charge in [-0.15, -0.1) is 0 Å². The van der Waals surface area contributed by atoms with Gasteiger partial charge < -0.3 is 15.0 Å². The zero-order valence-electron chi connectivity index (χ0n) is 13.7. The molecule has 0 saturated carbocycles. The number of carbonyl (C=O) groups is 1. The van der Waals surface area contributed by atoms with Crippen LogP contribution in [-0.4, -0.2) is 36.9 Å². The minimum absolute atomic E-state index is 0.136. The van der Waals surface area contributed by atoms with Gasteiger partial charge in [0.25, 0.3) is 5.91 Å². The van der Waals surface area contributed by atoms with Crippen LogP contribution in [0.5, 0.6) is 5.75 Å². The number of imidazole rings is 1. The molecule has 0 radical (unpaired) electrons. The van der Waals surface area contributed by atoms with Crippen LogP contribution < -0.4 is 5.32 Å². The standard InChI is InChI=1S/C17H18FN5O2/c1-12-3-4-13(18)14(9-12)23-10-15(24)16(21-23)17(25)20-5-2-7-22-8-6-19-11-22/h3-4,6,8-11,24H,2,5,7H2,1H3,(H,20,25). The van der Waals surface area contributed by atoms with Crippen molar-refractivity contribution in [3.63, 3.8) is 0 Å². The van der Waals surface area contributed by atoms with E-state index in [9.17, 15) is 14.3 Å². The summed E-state index contributed by atoms with van der Waals surface area (Å²) in [7, 11) is 0. The molecule has 3 aromatic rings. The second kappa shape index (κ2) is 7.16. The van der Waals surface area contributed by atoms with Gasteiger partial charge in [-0.2, -0.15) is 5.10 Å². The van der Waals surface area contributed by atoms with Gasteiger partial charge in [0.1, 0.15) is 11.5 Å². The van der Waals surface area contributed by atoms with Crippen molar-refractivity contribution in [1.29, 1.82) is 0 Å². The zero-order chi connectivity index (χ0) is 17.8. The van der Waals surface area contributed by atoms with E-state index in [1.807, 2.05) is 17.7 Å². The average Bonchev–Trinajstić information content (AvgIpc) is 3.23. The summed E-state index contributed by atoms with van der Waals surface area (Å²) < 4.78 is 17.0. The van der Waals surface area contributed by atoms with Crippen LogP contribution in [-0.2, 0) is 6.54 Å². The fourth-order valence-corrected chi connectivity index (χ4v) is 2.41. The van der Waals surface area contributed by atoms with Crippen molar-refractivity contribution in [3.8, 4) is 11.4 Å². The first kappa shape index (κ1) is 16.7. The van der Waals surface area contributed by atoms with E-state index in [0.29, 0.717) is 13.0 Å². The van der Waals surface area contributed by atoms with Crippen molar-refractivity contribution < 1.29 is 14.3 Å². The van der Waals surface area contributed by atoms with Crippen molar-refractivity contribution >= 4 is 5.91 Å². The monoisotopic (exact) mass is 343 g/mol. The van der Waals surface area contributed by atoms with Crippen LogP contribution in [0.2, 0.25) is 0 Å². The molecule has 0 saturated heterocycles. The number of aromatic nitrogens is 4. The molecule has 1 amide bonds. The molecule has 130 valence electrons. The molecule has 0 bridgehead atoms. The molecule has 2 N–H and O–H groups in total. The smallest absolute Gasteiger partial charge is 0.275 e. The van der Waals surface area contributed by atoms with Crippen molar-refractivity contribution in [2.45, 2.75) is 19.9 Å². The number of hydrogen-bond donors (Lipinski definition) is 2. The number of nitrogens with zero attached hydrogens (tertiary/aromatic N) is 4. The highest BCUT2D eigenvalue weighted by Gasteiger charge is 2.18. The van der Waals surface area contributed by atoms with Crippen molar-refractivity contribution in [2.24, 2.45) is 0 Å². The summed E-state index contributed by atoms with van der Waals surface area (Å²) in [5, 5.41) is 16.7. The molecule has 2 aromatic heterocycles. The highest BCUT2D eigenvalue weighted by atomic mass is 19.1. The lowest BCUT2D eigenvalue weighted by atomic mass is 10.2. The van der Waals surface area contributed by atoms with E-state index in [2.05, 4.69) is 15.4 Å². The number of hydrogen-bond acceptors (Lipinski definition) is 4. The number of halogens is 1. The molecule has 25 heavy (non-hydrogen) atoms. The van der Waals surface area contributed by atoms with Gasteiger partial charge in [0.15, 0.2) is 11.4 Å². The Morgan fingerprint density at radius 1 is 1.40 bits per heavy atom. The number of aryl methyl sites for hydroxylation is 2. The minimum atomic E-state index is -0.505. The molecule has 0 spiro atoms. The number of aromatic hydroxyl groups is 1. The Kier molecular flexibility index (Phi) is 4.78. The first-order valence-corrected chi connectivity index (χ1v) is 7.83. The van der Waals surface area contributed by atoms with Gasteiger partial charge in [-0.05, 0) is 31.0 Å². The number of carbonyl (C=O) groups excluding carboxylic acids is 1. The third kappa shape index (κ3) is 3.85. The van der Waals surface area contributed by atoms with E-state index in [0.717, 1.165) is 16.8 Å². The maximum atomic E-state index is 13.9. The van der Waals surface area contributed by atoms with E-state index in [4.69, 9.17) is 0 Å². The third-order valence-electron chi connectivity index (χ3n) is 3.70. The quantitative estimate of drug-likeness (QED) is 0.671. The zero-order valence-corrected chi connectivity index (χ0v) is 13.7. The van der Waals surface area contributed by atoms with Crippen LogP contribution in [0, 0.1) is 12.7 Å². The first-order valence-electron chi connectivity index (χ1n) is 7.83. The molecule has 0 aliphatic carbocycles. The predicted molar refractivity (Wildman–Crippen MR) is 89.1 cm³/mol. The fourth-order valence-electron chi connectivity index (χ4n) is 2.41. The molecule has 3 rings (SSSR count). The lowest BCUT2D eigenvalue weighted by molar-refractivity contribution is 0.0944. The van der Waals surface area contributed by atoms with Gasteiger partial charge in [-0.1, -0.05) is 6.07 Å². The molecule has 0 fully saturated rings. The second-order valence-corrected chi connectivity index (χ2v) is 5.67. The largest absolute Gasteiger partial charge is 0.504 e. The van der Waals surface area contributed by atoms with Gasteiger partial charge in [0.2, 0.25) is 0 Å². The highest BCUT2D eigenvalue weighted by Crippen LogP contribution is 2.20. The SMILES string of the molecule is Cc1ccc(F)c(-n2cc(O)c(C(=O)NCCCn3ccnc3)n2)c1. The summed E-state index contributed by atoms with van der Waals surface area (Å²) in [4.78, 5) is 16.1. The number of benzene rings is 1. The van der Waals surface area contributed by atoms with Crippen LogP contribution in [0.25, 0.3) is 5.69 Å². The summed E-state index contributed by atoms with van der Waals surface area (Å²) in [5.41, 5.74) is 0.884. The third-order valence-corrected chi connectivity index (χ3v) is 3.70. The van der Waals surface area contributed by atoms with Gasteiger partial charge in [0, 0.05) is 25.5 Å². The average molecular weight is 343 g/mol. The molecule has 0 atom stereocenters. The lowest BCUT2D eigenvalue weighted by Gasteiger charge is -2.05. The van der Waals surface area contributed by atoms with Crippen molar-refractivity contribution in [1.82, 2.24) is 24.6 Å². The van der Waals surface area contributed by atoms with Gasteiger partial charge in [0.05, 0.1) is 12.5 Å². The van der Waals surface area contributed by atoms with E-state index in [1.54, 1.807) is 24.7 Å². The summed E-state index contributed by atoms with van der Waals surface area (Å²) in [6, 6.07) is 4.55. The van der Waals surface area contributed by atoms with E-state index < -0.39 is 11.7 Å². The maximum absolute atomic E-state index is 13.9. The van der Waals surface area contributed by atoms with Crippen LogP contribution in [0.3, 0.4) is 0 Å². The summed E-state index contributed by atoms with van der Waals surface area (Å²) in [6.45, 7) is 2.96. The number of nitrogens with one attached hydrogen (secondary N) is 1. The minimum Gasteiger partial charge on any atom is -0.504 e. The fraction of sp³-hybridized carbons (Fsp3) is 0.235. The van der Waals surface area contributed by atoms with E-state index >= 15 is 0 Å². The molecule has 2 heterocycles. The van der Waals surface area contributed by atoms with Crippen LogP contribution in [0.15, 0.2) is 43.1 Å². The Balaban J connectivity index is 1.65. The molecule has 7 nitrogen and oxygen atoms in total. The summed E-state index contributed by atoms with van der Waals surface area (Å²) in [5.74, 6) is -1.29. The van der Waals surface area contributed by atoms with Crippen LogP contribution >= 0.6 is 0 Å². The molecular formula is C17H18FN5O2. The van der Waals surface area contributed by atoms with Crippen molar-refractivity contribution in [3.05, 3.63) is 60.2 Å². The van der Waals surface area contributed by atoms with Gasteiger partial charge in [-0.25, -0.2) is 14.1 Å². The Labute approximate surface area is 143 Å². The first-order chi connectivity index (χ1) is 12.0. The van der Waals surface area contributed by atoms with Crippen LogP contribution in [0.4, 0.5) is 4.39 Å². The molecule has 8 heteroatoms. The van der Waals surface area contributed by atoms with E-state index in [-0.39, 0.29) is 17.1 Å². The normalized spacial score (nSPS) is 10.8. The van der Waals surface area contributed by atoms with Gasteiger partial charge in [-0.3, -0.25) is 4.79 Å². The Hall–Kier alpha value is -3.16. The van der Waals surface area contributed by atoms with Crippen LogP contribution in [0.1, 0.15) is 22.5 Å². The van der Waals surface area contributed by atoms with Crippen molar-refractivity contribution in [2.75, 3.05) is 6.54 Å². The topological polar surface area (TPSA) is 85.0 Å². The lowest BCUT2D eigenvalue weighted by Crippen LogP contribution is -2.25. The molecule has 0 aliphatic heterocycles. The Morgan fingerprint density at radius 2 is 2.24 bits per heavy atom. The highest BCUT2D eigenvalue weighted by molar-refractivity contribution is 5.94.